The molecule has 0 unspecified atom stereocenters. The van der Waals surface area contributed by atoms with Crippen LogP contribution in [0.5, 0.6) is 0 Å². The minimum absolute atomic E-state index is 0.516. The van der Waals surface area contributed by atoms with Gasteiger partial charge in [-0.15, -0.1) is 0 Å². The van der Waals surface area contributed by atoms with Crippen LogP contribution >= 0.6 is 12.2 Å². The van der Waals surface area contributed by atoms with Crippen molar-refractivity contribution >= 4 is 34.5 Å². The average molecular weight is 396 g/mol. The third-order valence-electron chi connectivity index (χ3n) is 5.67. The van der Waals surface area contributed by atoms with Crippen molar-refractivity contribution in [1.29, 1.82) is 0 Å². The average Bonchev–Trinajstić information content (AvgIpc) is 2.76. The lowest BCUT2D eigenvalue weighted by Crippen LogP contribution is -2.46. The molecule has 2 heterocycles. The van der Waals surface area contributed by atoms with Crippen LogP contribution in [0.2, 0.25) is 0 Å². The molecule has 1 aromatic carbocycles. The summed E-state index contributed by atoms with van der Waals surface area (Å²) in [4.78, 5) is 9.44. The number of anilines is 3. The SMILES string of the molecule is S=C(Nc1ccc(N2CCN(c3ccccc3)CC2)nc1)NC1CCCCC1. The van der Waals surface area contributed by atoms with E-state index in [0.717, 1.165) is 37.7 Å². The molecule has 28 heavy (non-hydrogen) atoms. The van der Waals surface area contributed by atoms with Crippen LogP contribution in [-0.2, 0) is 0 Å². The first-order valence-corrected chi connectivity index (χ1v) is 10.8. The fraction of sp³-hybridized carbons (Fsp3) is 0.455. The molecule has 0 spiro atoms. The third kappa shape index (κ3) is 4.93. The van der Waals surface area contributed by atoms with Gasteiger partial charge < -0.3 is 20.4 Å². The molecule has 0 bridgehead atoms. The van der Waals surface area contributed by atoms with Gasteiger partial charge in [0.1, 0.15) is 5.82 Å². The first kappa shape index (κ1) is 19.0. The fourth-order valence-electron chi connectivity index (χ4n) is 4.08. The number of hydrogen-bond acceptors (Lipinski definition) is 4. The van der Waals surface area contributed by atoms with Crippen molar-refractivity contribution in [2.45, 2.75) is 38.1 Å². The number of rotatable bonds is 4. The molecule has 1 saturated carbocycles. The van der Waals surface area contributed by atoms with Gasteiger partial charge >= 0.3 is 0 Å². The standard InChI is InChI=1S/C22H29N5S/c28-22(24-18-7-3-1-4-8-18)25-19-11-12-21(23-17-19)27-15-13-26(14-16-27)20-9-5-2-6-10-20/h2,5-6,9-12,17-18H,1,3-4,7-8,13-16H2,(H2,24,25,28). The first-order chi connectivity index (χ1) is 13.8. The Balaban J connectivity index is 1.27. The second-order valence-electron chi connectivity index (χ2n) is 7.65. The number of thiocarbonyl (C=S) groups is 1. The van der Waals surface area contributed by atoms with Crippen molar-refractivity contribution < 1.29 is 0 Å². The quantitative estimate of drug-likeness (QED) is 0.762. The molecule has 1 aliphatic carbocycles. The Kier molecular flexibility index (Phi) is 6.27. The van der Waals surface area contributed by atoms with Gasteiger partial charge in [-0.25, -0.2) is 4.98 Å². The van der Waals surface area contributed by atoms with Crippen LogP contribution in [0.15, 0.2) is 48.7 Å². The minimum atomic E-state index is 0.516. The molecule has 2 aliphatic rings. The highest BCUT2D eigenvalue weighted by atomic mass is 32.1. The summed E-state index contributed by atoms with van der Waals surface area (Å²) in [6.07, 6.45) is 8.27. The van der Waals surface area contributed by atoms with Crippen molar-refractivity contribution in [3.63, 3.8) is 0 Å². The lowest BCUT2D eigenvalue weighted by molar-refractivity contribution is 0.415. The minimum Gasteiger partial charge on any atom is -0.368 e. The summed E-state index contributed by atoms with van der Waals surface area (Å²) in [7, 11) is 0. The van der Waals surface area contributed by atoms with E-state index >= 15 is 0 Å². The molecular weight excluding hydrogens is 366 g/mol. The number of piperazine rings is 1. The Morgan fingerprint density at radius 3 is 2.29 bits per heavy atom. The van der Waals surface area contributed by atoms with Crippen molar-refractivity contribution in [2.24, 2.45) is 0 Å². The van der Waals surface area contributed by atoms with E-state index in [4.69, 9.17) is 12.2 Å². The molecule has 0 atom stereocenters. The largest absolute Gasteiger partial charge is 0.368 e. The molecule has 2 fully saturated rings. The Morgan fingerprint density at radius 1 is 0.893 bits per heavy atom. The zero-order chi connectivity index (χ0) is 19.2. The second kappa shape index (κ2) is 9.24. The number of nitrogens with zero attached hydrogens (tertiary/aromatic N) is 3. The summed E-state index contributed by atoms with van der Waals surface area (Å²) in [6.45, 7) is 3.99. The van der Waals surface area contributed by atoms with Gasteiger partial charge in [0.05, 0.1) is 11.9 Å². The zero-order valence-electron chi connectivity index (χ0n) is 16.3. The van der Waals surface area contributed by atoms with E-state index in [1.165, 1.54) is 37.8 Å². The molecule has 0 radical (unpaired) electrons. The molecule has 1 saturated heterocycles. The molecular formula is C22H29N5S. The van der Waals surface area contributed by atoms with Crippen molar-refractivity contribution in [3.05, 3.63) is 48.7 Å². The molecule has 1 aromatic heterocycles. The molecule has 148 valence electrons. The number of nitrogens with one attached hydrogen (secondary N) is 2. The number of para-hydroxylation sites is 1. The zero-order valence-corrected chi connectivity index (χ0v) is 17.1. The predicted molar refractivity (Wildman–Crippen MR) is 121 cm³/mol. The smallest absolute Gasteiger partial charge is 0.171 e. The third-order valence-corrected chi connectivity index (χ3v) is 5.89. The summed E-state index contributed by atoms with van der Waals surface area (Å²) >= 11 is 5.47. The number of aromatic nitrogens is 1. The van der Waals surface area contributed by atoms with E-state index in [1.807, 2.05) is 6.20 Å². The Bertz CT molecular complexity index is 750. The Morgan fingerprint density at radius 2 is 1.61 bits per heavy atom. The number of benzene rings is 1. The van der Waals surface area contributed by atoms with Gasteiger partial charge in [0.2, 0.25) is 0 Å². The molecule has 2 aromatic rings. The van der Waals surface area contributed by atoms with Gasteiger partial charge in [0, 0.05) is 37.9 Å². The molecule has 2 N–H and O–H groups in total. The molecule has 1 aliphatic heterocycles. The van der Waals surface area contributed by atoms with Crippen LogP contribution in [0.1, 0.15) is 32.1 Å². The lowest BCUT2D eigenvalue weighted by atomic mass is 9.96. The topological polar surface area (TPSA) is 43.4 Å². The van der Waals surface area contributed by atoms with E-state index in [9.17, 15) is 0 Å². The summed E-state index contributed by atoms with van der Waals surface area (Å²) in [5.41, 5.74) is 2.24. The second-order valence-corrected chi connectivity index (χ2v) is 8.06. The Hall–Kier alpha value is -2.34. The van der Waals surface area contributed by atoms with E-state index in [-0.39, 0.29) is 0 Å². The lowest BCUT2D eigenvalue weighted by Gasteiger charge is -2.36. The Labute approximate surface area is 173 Å². The molecule has 4 rings (SSSR count). The highest BCUT2D eigenvalue weighted by Gasteiger charge is 2.18. The monoisotopic (exact) mass is 395 g/mol. The van der Waals surface area contributed by atoms with Gasteiger partial charge in [0.15, 0.2) is 5.11 Å². The number of hydrogen-bond donors (Lipinski definition) is 2. The molecule has 5 nitrogen and oxygen atoms in total. The van der Waals surface area contributed by atoms with Crippen molar-refractivity contribution in [1.82, 2.24) is 10.3 Å². The maximum Gasteiger partial charge on any atom is 0.171 e. The van der Waals surface area contributed by atoms with E-state index in [1.54, 1.807) is 0 Å². The van der Waals surface area contributed by atoms with Crippen molar-refractivity contribution in [3.8, 4) is 0 Å². The van der Waals surface area contributed by atoms with Gasteiger partial charge in [0.25, 0.3) is 0 Å². The highest BCUT2D eigenvalue weighted by Crippen LogP contribution is 2.20. The summed E-state index contributed by atoms with van der Waals surface area (Å²) < 4.78 is 0. The van der Waals surface area contributed by atoms with Crippen LogP contribution in [-0.4, -0.2) is 42.3 Å². The molecule has 6 heteroatoms. The normalized spacial score (nSPS) is 18.0. The highest BCUT2D eigenvalue weighted by molar-refractivity contribution is 7.80. The maximum absolute atomic E-state index is 5.47. The predicted octanol–water partition coefficient (Wildman–Crippen LogP) is 4.03. The van der Waals surface area contributed by atoms with Crippen LogP contribution in [0.4, 0.5) is 17.2 Å². The maximum atomic E-state index is 5.47. The van der Waals surface area contributed by atoms with Crippen LogP contribution < -0.4 is 20.4 Å². The summed E-state index contributed by atoms with van der Waals surface area (Å²) in [6, 6.07) is 15.3. The van der Waals surface area contributed by atoms with Gasteiger partial charge in [-0.2, -0.15) is 0 Å². The fourth-order valence-corrected chi connectivity index (χ4v) is 4.36. The van der Waals surface area contributed by atoms with Crippen molar-refractivity contribution in [2.75, 3.05) is 41.3 Å². The molecule has 0 amide bonds. The first-order valence-electron chi connectivity index (χ1n) is 10.4. The summed E-state index contributed by atoms with van der Waals surface area (Å²) in [5.74, 6) is 1.03. The summed E-state index contributed by atoms with van der Waals surface area (Å²) in [5, 5.41) is 7.43. The van der Waals surface area contributed by atoms with Gasteiger partial charge in [-0.05, 0) is 49.3 Å². The van der Waals surface area contributed by atoms with Crippen LogP contribution in [0.3, 0.4) is 0 Å². The van der Waals surface area contributed by atoms with E-state index in [2.05, 4.69) is 67.9 Å². The van der Waals surface area contributed by atoms with Gasteiger partial charge in [-0.3, -0.25) is 0 Å². The van der Waals surface area contributed by atoms with E-state index in [0.29, 0.717) is 11.2 Å². The number of pyridine rings is 1. The van der Waals surface area contributed by atoms with E-state index < -0.39 is 0 Å². The van der Waals surface area contributed by atoms with Gasteiger partial charge in [-0.1, -0.05) is 37.5 Å². The van der Waals surface area contributed by atoms with Crippen LogP contribution in [0.25, 0.3) is 0 Å². The van der Waals surface area contributed by atoms with Crippen LogP contribution in [0, 0.1) is 0 Å².